The van der Waals surface area contributed by atoms with E-state index in [0.717, 1.165) is 34.5 Å². The van der Waals surface area contributed by atoms with Gasteiger partial charge in [0.2, 0.25) is 0 Å². The zero-order valence-corrected chi connectivity index (χ0v) is 37.1. The maximum atomic E-state index is 5.46. The summed E-state index contributed by atoms with van der Waals surface area (Å²) in [5, 5.41) is 6.31. The Morgan fingerprint density at radius 2 is 1.05 bits per heavy atom. The van der Waals surface area contributed by atoms with Crippen LogP contribution in [0.3, 0.4) is 0 Å². The van der Waals surface area contributed by atoms with Crippen molar-refractivity contribution in [2.45, 2.75) is 38.3 Å². The highest BCUT2D eigenvalue weighted by Gasteiger charge is 2.30. The molecule has 66 heavy (non-hydrogen) atoms. The van der Waals surface area contributed by atoms with Crippen LogP contribution in [0.2, 0.25) is 0 Å². The Hall–Kier alpha value is -8.08. The first-order valence-electron chi connectivity index (χ1n) is 23.2. The number of aromatic nitrogens is 1. The van der Waals surface area contributed by atoms with Crippen LogP contribution < -0.4 is 5.32 Å². The summed E-state index contributed by atoms with van der Waals surface area (Å²) in [5.41, 5.74) is 19.0. The highest BCUT2D eigenvalue weighted by Crippen LogP contribution is 2.49. The quantitative estimate of drug-likeness (QED) is 0.178. The van der Waals surface area contributed by atoms with Crippen molar-refractivity contribution in [1.82, 2.24) is 9.88 Å². The smallest absolute Gasteiger partial charge is 0.159 e. The number of amidine groups is 2. The molecule has 2 aliphatic heterocycles. The number of benzene rings is 9. The van der Waals surface area contributed by atoms with E-state index in [2.05, 4.69) is 242 Å². The molecule has 0 saturated carbocycles. The summed E-state index contributed by atoms with van der Waals surface area (Å²) >= 11 is 0. The highest BCUT2D eigenvalue weighted by atomic mass is 15.2. The van der Waals surface area contributed by atoms with E-state index < -0.39 is 6.17 Å². The Balaban J connectivity index is 1.06. The largest absolute Gasteiger partial charge is 0.344 e. The predicted octanol–water partition coefficient (Wildman–Crippen LogP) is 15.6. The molecule has 3 atom stereocenters. The van der Waals surface area contributed by atoms with Gasteiger partial charge >= 0.3 is 0 Å². The van der Waals surface area contributed by atoms with Gasteiger partial charge in [-0.3, -0.25) is 0 Å². The molecule has 0 spiro atoms. The van der Waals surface area contributed by atoms with Gasteiger partial charge in [-0.15, -0.1) is 0 Å². The Labute approximate surface area is 386 Å². The fourth-order valence-electron chi connectivity index (χ4n) is 10.7. The third-order valence-electron chi connectivity index (χ3n) is 14.0. The standard InChI is InChI=1S/C62H48N4/c1-3-48-40(2)49-38-37-47(39-56(49)55-26-16-25-54-53-24-13-15-28-58(53)66(59(54)55)57-27-14-12-23-52(57)51-22-11-10-21-50(48)51)62-64-60(45-33-29-43(30-34-45)41-17-6-4-7-18-41)63-61(65-62)46-35-31-44(32-36-46)42-19-8-5-9-20-42/h4-40,48,62H,3H2,1-2H3,(H,63,64,65). The number of nitrogens with zero attached hydrogens (tertiary/aromatic N) is 3. The van der Waals surface area contributed by atoms with Gasteiger partial charge in [-0.05, 0) is 86.5 Å². The molecular weight excluding hydrogens is 801 g/mol. The Kier molecular flexibility index (Phi) is 9.87. The minimum absolute atomic E-state index is 0.209. The molecule has 4 heteroatoms. The molecule has 0 fully saturated rings. The molecule has 0 saturated heterocycles. The lowest BCUT2D eigenvalue weighted by Gasteiger charge is -2.29. The lowest BCUT2D eigenvalue weighted by Crippen LogP contribution is -2.33. The van der Waals surface area contributed by atoms with E-state index in [4.69, 9.17) is 9.98 Å². The van der Waals surface area contributed by atoms with Crippen molar-refractivity contribution < 1.29 is 0 Å². The topological polar surface area (TPSA) is 41.7 Å². The van der Waals surface area contributed by atoms with Crippen LogP contribution in [0.25, 0.3) is 72.0 Å². The average molecular weight is 849 g/mol. The van der Waals surface area contributed by atoms with Crippen molar-refractivity contribution >= 4 is 33.5 Å². The number of aliphatic imine (C=N–C) groups is 2. The van der Waals surface area contributed by atoms with Crippen molar-refractivity contribution in [2.75, 3.05) is 0 Å². The zero-order chi connectivity index (χ0) is 44.1. The molecule has 0 bridgehead atoms. The molecule has 0 aliphatic carbocycles. The molecule has 9 aromatic carbocycles. The minimum Gasteiger partial charge on any atom is -0.344 e. The SMILES string of the molecule is CCC1c2ccccc2-c2ccccc2-n2c3ccccc3c3cccc(c32)-c2cc(C3N=C(c4ccc(-c5ccccc5)cc4)N=C(c4ccc(-c5ccccc5)cc4)N3)ccc2C1C. The van der Waals surface area contributed by atoms with Crippen molar-refractivity contribution in [3.8, 4) is 50.2 Å². The van der Waals surface area contributed by atoms with Crippen LogP contribution in [-0.2, 0) is 0 Å². The number of rotatable bonds is 6. The maximum absolute atomic E-state index is 5.46. The van der Waals surface area contributed by atoms with Gasteiger partial charge in [-0.2, -0.15) is 0 Å². The second-order valence-electron chi connectivity index (χ2n) is 17.7. The highest BCUT2D eigenvalue weighted by molar-refractivity contribution is 6.15. The van der Waals surface area contributed by atoms with Gasteiger partial charge in [-0.25, -0.2) is 9.98 Å². The van der Waals surface area contributed by atoms with Crippen molar-refractivity contribution in [3.05, 3.63) is 246 Å². The van der Waals surface area contributed by atoms with Gasteiger partial charge in [0.05, 0.1) is 16.7 Å². The molecular formula is C62H48N4. The van der Waals surface area contributed by atoms with Crippen LogP contribution >= 0.6 is 0 Å². The molecule has 3 unspecified atom stereocenters. The zero-order valence-electron chi connectivity index (χ0n) is 37.1. The molecule has 0 amide bonds. The Morgan fingerprint density at radius 3 is 1.77 bits per heavy atom. The fourth-order valence-corrected chi connectivity index (χ4v) is 10.7. The molecule has 316 valence electrons. The van der Waals surface area contributed by atoms with E-state index in [1.165, 1.54) is 77.6 Å². The number of hydrogen-bond donors (Lipinski definition) is 1. The van der Waals surface area contributed by atoms with Gasteiger partial charge < -0.3 is 9.88 Å². The van der Waals surface area contributed by atoms with Crippen LogP contribution in [0.1, 0.15) is 66.1 Å². The predicted molar refractivity (Wildman–Crippen MR) is 276 cm³/mol. The molecule has 12 rings (SSSR count). The molecule has 1 aromatic heterocycles. The minimum atomic E-state index is -0.401. The van der Waals surface area contributed by atoms with Gasteiger partial charge in [0.15, 0.2) is 5.84 Å². The van der Waals surface area contributed by atoms with Crippen LogP contribution in [-0.4, -0.2) is 16.2 Å². The summed E-state index contributed by atoms with van der Waals surface area (Å²) < 4.78 is 2.53. The second kappa shape index (κ2) is 16.5. The van der Waals surface area contributed by atoms with E-state index >= 15 is 0 Å². The summed E-state index contributed by atoms with van der Waals surface area (Å²) in [5.74, 6) is 1.98. The van der Waals surface area contributed by atoms with Gasteiger partial charge in [0, 0.05) is 33.0 Å². The van der Waals surface area contributed by atoms with Crippen LogP contribution in [0.5, 0.6) is 0 Å². The first-order valence-corrected chi connectivity index (χ1v) is 23.2. The van der Waals surface area contributed by atoms with Crippen LogP contribution in [0, 0.1) is 0 Å². The number of para-hydroxylation sites is 3. The van der Waals surface area contributed by atoms with Crippen molar-refractivity contribution in [1.29, 1.82) is 0 Å². The van der Waals surface area contributed by atoms with Crippen molar-refractivity contribution in [3.63, 3.8) is 0 Å². The molecule has 0 radical (unpaired) electrons. The fraction of sp³-hybridized carbons (Fsp3) is 0.0968. The van der Waals surface area contributed by atoms with E-state index in [0.29, 0.717) is 5.84 Å². The summed E-state index contributed by atoms with van der Waals surface area (Å²) in [7, 11) is 0. The summed E-state index contributed by atoms with van der Waals surface area (Å²) in [6.45, 7) is 4.78. The van der Waals surface area contributed by atoms with E-state index in [9.17, 15) is 0 Å². The van der Waals surface area contributed by atoms with Gasteiger partial charge in [-0.1, -0.05) is 214 Å². The van der Waals surface area contributed by atoms with Crippen LogP contribution in [0.15, 0.2) is 228 Å². The summed E-state index contributed by atoms with van der Waals surface area (Å²) in [6.07, 6.45) is 0.604. The third-order valence-corrected chi connectivity index (χ3v) is 14.0. The Bertz CT molecular complexity index is 3490. The first-order chi connectivity index (χ1) is 32.6. The normalized spacial score (nSPS) is 16.5. The van der Waals surface area contributed by atoms with E-state index in [1.807, 2.05) is 0 Å². The number of fused-ring (bicyclic) bond motifs is 9. The molecule has 1 N–H and O–H groups in total. The molecule has 10 aromatic rings. The van der Waals surface area contributed by atoms with Gasteiger partial charge in [0.1, 0.15) is 12.0 Å². The average Bonchev–Trinajstić information content (AvgIpc) is 3.73. The monoisotopic (exact) mass is 848 g/mol. The van der Waals surface area contributed by atoms with Gasteiger partial charge in [0.25, 0.3) is 0 Å². The number of hydrogen-bond acceptors (Lipinski definition) is 3. The Morgan fingerprint density at radius 1 is 0.470 bits per heavy atom. The molecule has 2 aliphatic rings. The first kappa shape index (κ1) is 39.5. The van der Waals surface area contributed by atoms with E-state index in [1.54, 1.807) is 0 Å². The lowest BCUT2D eigenvalue weighted by molar-refractivity contribution is 0.560. The van der Waals surface area contributed by atoms with Crippen molar-refractivity contribution in [2.24, 2.45) is 9.98 Å². The number of nitrogens with one attached hydrogen (secondary N) is 1. The second-order valence-corrected chi connectivity index (χ2v) is 17.7. The van der Waals surface area contributed by atoms with E-state index in [-0.39, 0.29) is 11.8 Å². The lowest BCUT2D eigenvalue weighted by atomic mass is 9.76. The summed E-state index contributed by atoms with van der Waals surface area (Å²) in [4.78, 5) is 10.7. The molecule has 3 heterocycles. The van der Waals surface area contributed by atoms with Crippen LogP contribution in [0.4, 0.5) is 0 Å². The summed E-state index contributed by atoms with van der Waals surface area (Å²) in [6, 6.07) is 79.4. The third kappa shape index (κ3) is 6.76. The molecule has 4 nitrogen and oxygen atoms in total. The maximum Gasteiger partial charge on any atom is 0.159 e.